The van der Waals surface area contributed by atoms with Crippen LogP contribution in [0.5, 0.6) is 5.75 Å². The molecule has 3 aromatic rings. The number of hydrogen-bond acceptors (Lipinski definition) is 6. The molecule has 6 nitrogen and oxygen atoms in total. The van der Waals surface area contributed by atoms with Gasteiger partial charge < -0.3 is 24.3 Å². The fraction of sp³-hybridized carbons (Fsp3) is 0.441. The summed E-state index contributed by atoms with van der Waals surface area (Å²) in [6.45, 7) is 15.2. The smallest absolute Gasteiger partial charge is 0.310 e. The van der Waals surface area contributed by atoms with Gasteiger partial charge in [-0.15, -0.1) is 0 Å². The van der Waals surface area contributed by atoms with E-state index in [9.17, 15) is 9.90 Å². The van der Waals surface area contributed by atoms with Gasteiger partial charge in [0.1, 0.15) is 12.4 Å². The minimum Gasteiger partial charge on any atom is -0.489 e. The van der Waals surface area contributed by atoms with Crippen LogP contribution in [0.1, 0.15) is 61.6 Å². The first-order valence-electron chi connectivity index (χ1n) is 14.5. The molecule has 222 valence electrons. The van der Waals surface area contributed by atoms with Crippen molar-refractivity contribution in [2.24, 2.45) is 0 Å². The van der Waals surface area contributed by atoms with E-state index in [4.69, 9.17) is 13.9 Å². The van der Waals surface area contributed by atoms with Gasteiger partial charge in [-0.2, -0.15) is 0 Å². The molecule has 0 aliphatic rings. The van der Waals surface area contributed by atoms with Crippen LogP contribution in [0.3, 0.4) is 0 Å². The molecule has 0 saturated heterocycles. The van der Waals surface area contributed by atoms with Crippen molar-refractivity contribution in [2.75, 3.05) is 19.7 Å². The van der Waals surface area contributed by atoms with Gasteiger partial charge in [0.25, 0.3) is 0 Å². The van der Waals surface area contributed by atoms with Gasteiger partial charge in [0, 0.05) is 12.1 Å². The largest absolute Gasteiger partial charge is 0.489 e. The Morgan fingerprint density at radius 3 is 2.34 bits per heavy atom. The number of esters is 1. The van der Waals surface area contributed by atoms with E-state index in [0.29, 0.717) is 25.5 Å². The molecule has 41 heavy (non-hydrogen) atoms. The van der Waals surface area contributed by atoms with E-state index in [0.717, 1.165) is 35.2 Å². The van der Waals surface area contributed by atoms with E-state index in [1.807, 2.05) is 61.5 Å². The third-order valence-corrected chi connectivity index (χ3v) is 12.2. The van der Waals surface area contributed by atoms with Crippen LogP contribution in [-0.2, 0) is 40.0 Å². The van der Waals surface area contributed by atoms with Gasteiger partial charge in [-0.1, -0.05) is 81.4 Å². The first-order valence-corrected chi connectivity index (χ1v) is 17.5. The van der Waals surface area contributed by atoms with Crippen LogP contribution in [0.2, 0.25) is 18.1 Å². The Hall–Kier alpha value is -2.97. The molecule has 0 spiro atoms. The van der Waals surface area contributed by atoms with Gasteiger partial charge in [-0.3, -0.25) is 4.79 Å². The molecule has 0 aromatic heterocycles. The van der Waals surface area contributed by atoms with Gasteiger partial charge in [-0.25, -0.2) is 0 Å². The Morgan fingerprint density at radius 1 is 0.951 bits per heavy atom. The molecule has 2 N–H and O–H groups in total. The molecule has 3 rings (SSSR count). The summed E-state index contributed by atoms with van der Waals surface area (Å²) < 4.78 is 18.0. The summed E-state index contributed by atoms with van der Waals surface area (Å²) in [6, 6.07) is 24.1. The summed E-state index contributed by atoms with van der Waals surface area (Å²) in [7, 11) is -2.08. The van der Waals surface area contributed by atoms with Gasteiger partial charge in [0.15, 0.2) is 8.32 Å². The third-order valence-electron chi connectivity index (χ3n) is 7.67. The number of aliphatic hydroxyl groups is 1. The topological polar surface area (TPSA) is 77.0 Å². The molecule has 7 heteroatoms. The van der Waals surface area contributed by atoms with Crippen molar-refractivity contribution in [2.45, 2.75) is 78.0 Å². The summed E-state index contributed by atoms with van der Waals surface area (Å²) in [4.78, 5) is 11.9. The van der Waals surface area contributed by atoms with Crippen molar-refractivity contribution in [3.8, 4) is 5.75 Å². The quantitative estimate of drug-likeness (QED) is 0.118. The molecule has 0 amide bonds. The first kappa shape index (κ1) is 32.5. The summed E-state index contributed by atoms with van der Waals surface area (Å²) in [5, 5.41) is 13.8. The van der Waals surface area contributed by atoms with Crippen molar-refractivity contribution in [1.29, 1.82) is 0 Å². The molecule has 0 aliphatic heterocycles. The second kappa shape index (κ2) is 15.3. The van der Waals surface area contributed by atoms with Gasteiger partial charge in [0.2, 0.25) is 0 Å². The molecule has 1 atom stereocenters. The lowest BCUT2D eigenvalue weighted by Gasteiger charge is -2.39. The third kappa shape index (κ3) is 10.1. The second-order valence-electron chi connectivity index (χ2n) is 11.9. The number of carbonyl (C=O) groups excluding carboxylic acids is 1. The molecule has 3 aromatic carbocycles. The molecule has 0 fully saturated rings. The number of carbonyl (C=O) groups is 1. The van der Waals surface area contributed by atoms with E-state index in [1.54, 1.807) is 0 Å². The highest BCUT2D eigenvalue weighted by molar-refractivity contribution is 6.74. The highest BCUT2D eigenvalue weighted by Crippen LogP contribution is 2.40. The van der Waals surface area contributed by atoms with E-state index < -0.39 is 8.32 Å². The zero-order chi connectivity index (χ0) is 29.9. The van der Waals surface area contributed by atoms with Crippen molar-refractivity contribution in [3.63, 3.8) is 0 Å². The number of nitrogens with one attached hydrogen (secondary N) is 1. The van der Waals surface area contributed by atoms with Crippen LogP contribution in [0.4, 0.5) is 0 Å². The summed E-state index contributed by atoms with van der Waals surface area (Å²) in [6.07, 6.45) is 0.951. The Bertz CT molecular complexity index is 1240. The van der Waals surface area contributed by atoms with Gasteiger partial charge >= 0.3 is 5.97 Å². The molecular formula is C34H47NO5Si. The van der Waals surface area contributed by atoms with Gasteiger partial charge in [0.05, 0.1) is 25.7 Å². The summed E-state index contributed by atoms with van der Waals surface area (Å²) in [5.74, 6) is 0.481. The Kier molecular flexibility index (Phi) is 12.2. The molecule has 0 unspecified atom stereocenters. The number of hydrogen-bond donors (Lipinski definition) is 2. The highest BCUT2D eigenvalue weighted by Gasteiger charge is 2.39. The standard InChI is InChI=1S/C34H47NO5Si/c1-7-38-33(37)21-28-15-11-14-26(20-28)18-19-35-23-32(40-41(5,6)34(2,3)4)29-16-17-31(30(22-29)24-36)39-25-27-12-9-8-10-13-27/h8-17,20,22,32,35-36H,7,18-19,21,23-25H2,1-6H3/t32-/m1/s1. The van der Waals surface area contributed by atoms with Crippen LogP contribution in [-0.4, -0.2) is 39.1 Å². The monoisotopic (exact) mass is 577 g/mol. The van der Waals surface area contributed by atoms with Crippen LogP contribution < -0.4 is 10.1 Å². The minimum atomic E-state index is -2.08. The zero-order valence-corrected chi connectivity index (χ0v) is 26.5. The number of rotatable bonds is 15. The van der Waals surface area contributed by atoms with E-state index in [2.05, 4.69) is 57.4 Å². The van der Waals surface area contributed by atoms with Crippen molar-refractivity contribution < 1.29 is 23.8 Å². The molecule has 0 saturated carbocycles. The van der Waals surface area contributed by atoms with Crippen LogP contribution in [0, 0.1) is 0 Å². The average Bonchev–Trinajstić information content (AvgIpc) is 2.93. The van der Waals surface area contributed by atoms with Gasteiger partial charge in [-0.05, 0) is 72.4 Å². The number of aliphatic hydroxyl groups excluding tert-OH is 1. The normalized spacial score (nSPS) is 12.7. The Balaban J connectivity index is 1.70. The average molecular weight is 578 g/mol. The molecule has 0 aliphatic carbocycles. The lowest BCUT2D eigenvalue weighted by Crippen LogP contribution is -2.43. The predicted molar refractivity (Wildman–Crippen MR) is 168 cm³/mol. The SMILES string of the molecule is CCOC(=O)Cc1cccc(CCNC[C@@H](O[Si](C)(C)C(C)(C)C)c2ccc(OCc3ccccc3)c(CO)c2)c1. The molecule has 0 radical (unpaired) electrons. The maximum Gasteiger partial charge on any atom is 0.310 e. The molecular weight excluding hydrogens is 530 g/mol. The van der Waals surface area contributed by atoms with Crippen molar-refractivity contribution in [1.82, 2.24) is 5.32 Å². The first-order chi connectivity index (χ1) is 19.5. The van der Waals surface area contributed by atoms with E-state index in [1.165, 1.54) is 5.56 Å². The fourth-order valence-electron chi connectivity index (χ4n) is 4.30. The van der Waals surface area contributed by atoms with Crippen LogP contribution >= 0.6 is 0 Å². The van der Waals surface area contributed by atoms with Crippen LogP contribution in [0.15, 0.2) is 72.8 Å². The maximum atomic E-state index is 11.9. The summed E-state index contributed by atoms with van der Waals surface area (Å²) >= 11 is 0. The Labute approximate surface area is 247 Å². The second-order valence-corrected chi connectivity index (χ2v) is 16.7. The summed E-state index contributed by atoms with van der Waals surface area (Å²) in [5.41, 5.74) is 4.99. The van der Waals surface area contributed by atoms with Crippen molar-refractivity contribution in [3.05, 3.63) is 101 Å². The highest BCUT2D eigenvalue weighted by atomic mass is 28.4. The van der Waals surface area contributed by atoms with Crippen LogP contribution in [0.25, 0.3) is 0 Å². The fourth-order valence-corrected chi connectivity index (χ4v) is 5.58. The number of ether oxygens (including phenoxy) is 2. The zero-order valence-electron chi connectivity index (χ0n) is 25.5. The predicted octanol–water partition coefficient (Wildman–Crippen LogP) is 6.76. The Morgan fingerprint density at radius 2 is 1.66 bits per heavy atom. The lowest BCUT2D eigenvalue weighted by molar-refractivity contribution is -0.142. The number of benzene rings is 3. The minimum absolute atomic E-state index is 0.0587. The van der Waals surface area contributed by atoms with Crippen molar-refractivity contribution >= 4 is 14.3 Å². The molecule has 0 bridgehead atoms. The lowest BCUT2D eigenvalue weighted by atomic mass is 10.0. The van der Waals surface area contributed by atoms with E-state index in [-0.39, 0.29) is 30.1 Å². The maximum absolute atomic E-state index is 11.9. The van der Waals surface area contributed by atoms with E-state index >= 15 is 0 Å². The molecule has 0 heterocycles.